The second-order valence-electron chi connectivity index (χ2n) is 3.21. The van der Waals surface area contributed by atoms with Crippen LogP contribution in [0.25, 0.3) is 0 Å². The van der Waals surface area contributed by atoms with E-state index in [1.807, 2.05) is 0 Å². The molecule has 0 amide bonds. The Morgan fingerprint density at radius 3 is 3.00 bits per heavy atom. The van der Waals surface area contributed by atoms with Gasteiger partial charge in [-0.05, 0) is 17.7 Å². The predicted molar refractivity (Wildman–Crippen MR) is 53.5 cm³/mol. The van der Waals surface area contributed by atoms with Gasteiger partial charge in [-0.1, -0.05) is 22.0 Å². The molecular formula is C10H10BrFO2. The molecule has 1 atom stereocenters. The van der Waals surface area contributed by atoms with E-state index >= 15 is 0 Å². The molecule has 0 N–H and O–H groups in total. The van der Waals surface area contributed by atoms with E-state index in [1.54, 1.807) is 6.07 Å². The van der Waals surface area contributed by atoms with E-state index in [0.29, 0.717) is 13.2 Å². The van der Waals surface area contributed by atoms with Gasteiger partial charge in [0.2, 0.25) is 0 Å². The molecule has 1 aliphatic rings. The van der Waals surface area contributed by atoms with E-state index in [-0.39, 0.29) is 11.9 Å². The molecule has 1 saturated heterocycles. The Morgan fingerprint density at radius 2 is 2.36 bits per heavy atom. The highest BCUT2D eigenvalue weighted by Gasteiger charge is 2.22. The van der Waals surface area contributed by atoms with Gasteiger partial charge in [0.15, 0.2) is 0 Å². The van der Waals surface area contributed by atoms with Crippen LogP contribution >= 0.6 is 15.9 Å². The molecule has 0 aromatic heterocycles. The number of ether oxygens (including phenoxy) is 2. The summed E-state index contributed by atoms with van der Waals surface area (Å²) in [7, 11) is 0. The third-order valence-corrected chi connectivity index (χ3v) is 2.72. The second kappa shape index (κ2) is 4.38. The average molecular weight is 261 g/mol. The number of epoxide rings is 1. The summed E-state index contributed by atoms with van der Waals surface area (Å²) in [4.78, 5) is 0. The van der Waals surface area contributed by atoms with Crippen molar-refractivity contribution < 1.29 is 13.9 Å². The first kappa shape index (κ1) is 10.1. The molecule has 14 heavy (non-hydrogen) atoms. The summed E-state index contributed by atoms with van der Waals surface area (Å²) in [5.41, 5.74) is 0.951. The molecule has 1 heterocycles. The Morgan fingerprint density at radius 1 is 1.57 bits per heavy atom. The van der Waals surface area contributed by atoms with Gasteiger partial charge >= 0.3 is 0 Å². The number of hydrogen-bond acceptors (Lipinski definition) is 2. The van der Waals surface area contributed by atoms with E-state index in [0.717, 1.165) is 16.6 Å². The first-order valence-electron chi connectivity index (χ1n) is 4.39. The third-order valence-electron chi connectivity index (χ3n) is 1.98. The zero-order valence-corrected chi connectivity index (χ0v) is 9.09. The van der Waals surface area contributed by atoms with Crippen molar-refractivity contribution in [2.24, 2.45) is 0 Å². The molecule has 0 radical (unpaired) electrons. The number of benzene rings is 1. The molecule has 1 fully saturated rings. The minimum absolute atomic E-state index is 0.244. The lowest BCUT2D eigenvalue weighted by atomic mass is 10.2. The number of hydrogen-bond donors (Lipinski definition) is 0. The van der Waals surface area contributed by atoms with Gasteiger partial charge in [-0.2, -0.15) is 0 Å². The van der Waals surface area contributed by atoms with Crippen LogP contribution in [0.4, 0.5) is 4.39 Å². The topological polar surface area (TPSA) is 21.8 Å². The van der Waals surface area contributed by atoms with Crippen LogP contribution in [0.2, 0.25) is 0 Å². The number of rotatable bonds is 4. The first-order chi connectivity index (χ1) is 6.75. The fraction of sp³-hybridized carbons (Fsp3) is 0.400. The van der Waals surface area contributed by atoms with Gasteiger partial charge in [-0.15, -0.1) is 0 Å². The summed E-state index contributed by atoms with van der Waals surface area (Å²) in [6.07, 6.45) is 0.272. The van der Waals surface area contributed by atoms with E-state index in [4.69, 9.17) is 9.47 Å². The van der Waals surface area contributed by atoms with Crippen molar-refractivity contribution in [2.45, 2.75) is 12.7 Å². The average Bonchev–Trinajstić information content (AvgIpc) is 2.92. The van der Waals surface area contributed by atoms with Gasteiger partial charge in [-0.25, -0.2) is 4.39 Å². The lowest BCUT2D eigenvalue weighted by Crippen LogP contribution is -2.01. The molecular weight excluding hydrogens is 251 g/mol. The molecule has 1 aliphatic heterocycles. The minimum atomic E-state index is -0.244. The summed E-state index contributed by atoms with van der Waals surface area (Å²) in [6.45, 7) is 1.90. The van der Waals surface area contributed by atoms with E-state index in [9.17, 15) is 4.39 Å². The van der Waals surface area contributed by atoms with Gasteiger partial charge in [-0.3, -0.25) is 0 Å². The standard InChI is InChI=1S/C10H10BrFO2/c11-10-3-8(12)2-1-7(10)4-13-5-9-6-14-9/h1-3,9H,4-6H2/t9-/m1/s1. The van der Waals surface area contributed by atoms with Gasteiger partial charge < -0.3 is 9.47 Å². The maximum Gasteiger partial charge on any atom is 0.124 e. The molecule has 0 saturated carbocycles. The quantitative estimate of drug-likeness (QED) is 0.777. The van der Waals surface area contributed by atoms with Crippen molar-refractivity contribution in [2.75, 3.05) is 13.2 Å². The van der Waals surface area contributed by atoms with Gasteiger partial charge in [0.05, 0.1) is 19.8 Å². The van der Waals surface area contributed by atoms with E-state index in [1.165, 1.54) is 12.1 Å². The van der Waals surface area contributed by atoms with Crippen molar-refractivity contribution in [1.82, 2.24) is 0 Å². The van der Waals surface area contributed by atoms with Gasteiger partial charge in [0.25, 0.3) is 0 Å². The fourth-order valence-electron chi connectivity index (χ4n) is 1.10. The highest BCUT2D eigenvalue weighted by molar-refractivity contribution is 9.10. The molecule has 0 spiro atoms. The SMILES string of the molecule is Fc1ccc(COC[C@@H]2CO2)c(Br)c1. The first-order valence-corrected chi connectivity index (χ1v) is 5.18. The van der Waals surface area contributed by atoms with Crippen molar-refractivity contribution in [3.8, 4) is 0 Å². The van der Waals surface area contributed by atoms with Crippen LogP contribution in [0.1, 0.15) is 5.56 Å². The summed E-state index contributed by atoms with van der Waals surface area (Å²) < 4.78 is 23.8. The molecule has 0 unspecified atom stereocenters. The maximum atomic E-state index is 12.7. The van der Waals surface area contributed by atoms with Gasteiger partial charge in [0, 0.05) is 4.47 Å². The zero-order chi connectivity index (χ0) is 9.97. The summed E-state index contributed by atoms with van der Waals surface area (Å²) in [5.74, 6) is -0.244. The fourth-order valence-corrected chi connectivity index (χ4v) is 1.57. The highest BCUT2D eigenvalue weighted by Crippen LogP contribution is 2.19. The minimum Gasteiger partial charge on any atom is -0.374 e. The Kier molecular flexibility index (Phi) is 3.15. The molecule has 2 rings (SSSR count). The predicted octanol–water partition coefficient (Wildman–Crippen LogP) is 2.50. The van der Waals surface area contributed by atoms with Crippen molar-refractivity contribution >= 4 is 15.9 Å². The highest BCUT2D eigenvalue weighted by atomic mass is 79.9. The van der Waals surface area contributed by atoms with Crippen molar-refractivity contribution in [3.05, 3.63) is 34.1 Å². The Balaban J connectivity index is 1.87. The van der Waals surface area contributed by atoms with E-state index < -0.39 is 0 Å². The lowest BCUT2D eigenvalue weighted by molar-refractivity contribution is 0.104. The smallest absolute Gasteiger partial charge is 0.124 e. The van der Waals surface area contributed by atoms with E-state index in [2.05, 4.69) is 15.9 Å². The Labute approximate surface area is 90.1 Å². The van der Waals surface area contributed by atoms with Crippen molar-refractivity contribution in [1.29, 1.82) is 0 Å². The van der Waals surface area contributed by atoms with Crippen LogP contribution in [0.3, 0.4) is 0 Å². The molecule has 0 aliphatic carbocycles. The molecule has 76 valence electrons. The number of halogens is 2. The van der Waals surface area contributed by atoms with Crippen LogP contribution in [0.15, 0.2) is 22.7 Å². The molecule has 2 nitrogen and oxygen atoms in total. The Hall–Kier alpha value is -0.450. The second-order valence-corrected chi connectivity index (χ2v) is 4.06. The van der Waals surface area contributed by atoms with Crippen LogP contribution in [0.5, 0.6) is 0 Å². The summed E-state index contributed by atoms with van der Waals surface area (Å²) in [6, 6.07) is 4.58. The van der Waals surface area contributed by atoms with Crippen LogP contribution < -0.4 is 0 Å². The summed E-state index contributed by atoms with van der Waals surface area (Å²) in [5, 5.41) is 0. The molecule has 0 bridgehead atoms. The molecule has 4 heteroatoms. The summed E-state index contributed by atoms with van der Waals surface area (Å²) >= 11 is 3.28. The third kappa shape index (κ3) is 2.77. The normalized spacial score (nSPS) is 19.7. The zero-order valence-electron chi connectivity index (χ0n) is 7.50. The van der Waals surface area contributed by atoms with Crippen LogP contribution in [-0.4, -0.2) is 19.3 Å². The van der Waals surface area contributed by atoms with Crippen LogP contribution in [-0.2, 0) is 16.1 Å². The van der Waals surface area contributed by atoms with Gasteiger partial charge in [0.1, 0.15) is 11.9 Å². The largest absolute Gasteiger partial charge is 0.374 e. The molecule has 1 aromatic rings. The maximum absolute atomic E-state index is 12.7. The lowest BCUT2D eigenvalue weighted by Gasteiger charge is -2.04. The van der Waals surface area contributed by atoms with Crippen LogP contribution in [0, 0.1) is 5.82 Å². The monoisotopic (exact) mass is 260 g/mol. The van der Waals surface area contributed by atoms with Crippen molar-refractivity contribution in [3.63, 3.8) is 0 Å². The molecule has 1 aromatic carbocycles. The Bertz CT molecular complexity index is 326.